The summed E-state index contributed by atoms with van der Waals surface area (Å²) in [6.07, 6.45) is 0.767. The van der Waals surface area contributed by atoms with Crippen molar-refractivity contribution in [1.29, 1.82) is 0 Å². The number of hydrogen-bond acceptors (Lipinski definition) is 4. The van der Waals surface area contributed by atoms with E-state index in [1.54, 1.807) is 13.8 Å². The Balaban J connectivity index is 2.19. The maximum Gasteiger partial charge on any atom is 0.329 e. The summed E-state index contributed by atoms with van der Waals surface area (Å²) in [6, 6.07) is -0.799. The SMILES string of the molecule is CC(C)[C@H](N)C(=O)N[C@@]1(C(=O)O)CC[C@H]2[C@H](C(=O)O)[C@H]21. The molecule has 0 spiro atoms. The highest BCUT2D eigenvalue weighted by molar-refractivity contribution is 5.92. The molecule has 0 aromatic rings. The van der Waals surface area contributed by atoms with E-state index in [1.807, 2.05) is 0 Å². The van der Waals surface area contributed by atoms with Gasteiger partial charge in [0.25, 0.3) is 0 Å². The van der Waals surface area contributed by atoms with Crippen LogP contribution in [0.1, 0.15) is 26.7 Å². The van der Waals surface area contributed by atoms with Gasteiger partial charge in [-0.15, -0.1) is 0 Å². The number of hydrogen-bond donors (Lipinski definition) is 4. The van der Waals surface area contributed by atoms with Crippen molar-refractivity contribution in [2.45, 2.75) is 38.3 Å². The van der Waals surface area contributed by atoms with Crippen molar-refractivity contribution in [3.05, 3.63) is 0 Å². The van der Waals surface area contributed by atoms with Crippen LogP contribution in [0.2, 0.25) is 0 Å². The Morgan fingerprint density at radius 1 is 1.30 bits per heavy atom. The average Bonchev–Trinajstić information content (AvgIpc) is 2.98. The molecule has 0 aromatic carbocycles. The second-order valence-corrected chi connectivity index (χ2v) is 6.13. The molecule has 2 saturated carbocycles. The van der Waals surface area contributed by atoms with E-state index in [0.29, 0.717) is 6.42 Å². The Bertz CT molecular complexity index is 464. The van der Waals surface area contributed by atoms with E-state index in [1.165, 1.54) is 0 Å². The van der Waals surface area contributed by atoms with Crippen LogP contribution in [-0.4, -0.2) is 39.6 Å². The fourth-order valence-electron chi connectivity index (χ4n) is 3.36. The topological polar surface area (TPSA) is 130 Å². The number of carbonyl (C=O) groups is 3. The molecule has 0 unspecified atom stereocenters. The number of fused-ring (bicyclic) bond motifs is 1. The number of rotatable bonds is 5. The van der Waals surface area contributed by atoms with Gasteiger partial charge in [-0.2, -0.15) is 0 Å². The van der Waals surface area contributed by atoms with Gasteiger partial charge in [0.15, 0.2) is 0 Å². The lowest BCUT2D eigenvalue weighted by Crippen LogP contribution is -2.60. The van der Waals surface area contributed by atoms with Gasteiger partial charge in [0, 0.05) is 5.92 Å². The molecule has 0 aromatic heterocycles. The summed E-state index contributed by atoms with van der Waals surface area (Å²) >= 11 is 0. The van der Waals surface area contributed by atoms with E-state index >= 15 is 0 Å². The summed E-state index contributed by atoms with van der Waals surface area (Å²) in [6.45, 7) is 3.54. The quantitative estimate of drug-likeness (QED) is 0.546. The van der Waals surface area contributed by atoms with Crippen LogP contribution in [0.15, 0.2) is 0 Å². The van der Waals surface area contributed by atoms with Crippen LogP contribution in [0.5, 0.6) is 0 Å². The highest BCUT2D eigenvalue weighted by atomic mass is 16.4. The lowest BCUT2D eigenvalue weighted by Gasteiger charge is -2.30. The number of carboxylic acid groups (broad SMARTS) is 2. The van der Waals surface area contributed by atoms with Gasteiger partial charge >= 0.3 is 11.9 Å². The van der Waals surface area contributed by atoms with Gasteiger partial charge in [-0.1, -0.05) is 13.8 Å². The third kappa shape index (κ3) is 2.06. The minimum absolute atomic E-state index is 0.118. The van der Waals surface area contributed by atoms with Gasteiger partial charge in [0.2, 0.25) is 5.91 Å². The van der Waals surface area contributed by atoms with Crippen molar-refractivity contribution in [3.8, 4) is 0 Å². The zero-order valence-electron chi connectivity index (χ0n) is 11.5. The van der Waals surface area contributed by atoms with Crippen LogP contribution < -0.4 is 11.1 Å². The standard InChI is InChI=1S/C13H20N2O5/c1-5(2)9(14)10(16)15-13(12(19)20)4-3-6-7(8(6)13)11(17)18/h5-9H,3-4,14H2,1-2H3,(H,15,16)(H,17,18)(H,19,20)/t6-,7-,8-,9-,13-/m0/s1. The van der Waals surface area contributed by atoms with Crippen LogP contribution in [0.25, 0.3) is 0 Å². The highest BCUT2D eigenvalue weighted by Crippen LogP contribution is 2.62. The van der Waals surface area contributed by atoms with E-state index in [0.717, 1.165) is 0 Å². The Kier molecular flexibility index (Phi) is 3.49. The number of amides is 1. The van der Waals surface area contributed by atoms with Crippen LogP contribution in [0, 0.1) is 23.7 Å². The second-order valence-electron chi connectivity index (χ2n) is 6.13. The normalized spacial score (nSPS) is 36.3. The van der Waals surface area contributed by atoms with E-state index < -0.39 is 41.3 Å². The molecule has 7 nitrogen and oxygen atoms in total. The number of nitrogens with one attached hydrogen (secondary N) is 1. The molecule has 2 aliphatic carbocycles. The molecule has 5 N–H and O–H groups in total. The van der Waals surface area contributed by atoms with Crippen molar-refractivity contribution in [3.63, 3.8) is 0 Å². The first-order valence-electron chi connectivity index (χ1n) is 6.76. The van der Waals surface area contributed by atoms with Crippen molar-refractivity contribution >= 4 is 17.8 Å². The molecule has 2 rings (SSSR count). The van der Waals surface area contributed by atoms with Crippen molar-refractivity contribution < 1.29 is 24.6 Å². The average molecular weight is 284 g/mol. The third-order valence-corrected chi connectivity index (χ3v) is 4.64. The number of aliphatic carboxylic acids is 2. The van der Waals surface area contributed by atoms with Gasteiger partial charge in [-0.05, 0) is 24.7 Å². The van der Waals surface area contributed by atoms with Gasteiger partial charge in [-0.25, -0.2) is 4.79 Å². The van der Waals surface area contributed by atoms with E-state index in [9.17, 15) is 19.5 Å². The minimum atomic E-state index is -1.47. The molecular formula is C13H20N2O5. The lowest BCUT2D eigenvalue weighted by atomic mass is 9.89. The Morgan fingerprint density at radius 2 is 1.90 bits per heavy atom. The van der Waals surface area contributed by atoms with Crippen molar-refractivity contribution in [2.75, 3.05) is 0 Å². The first-order valence-corrected chi connectivity index (χ1v) is 6.76. The first-order chi connectivity index (χ1) is 9.22. The molecule has 2 fully saturated rings. The summed E-state index contributed by atoms with van der Waals surface area (Å²) in [7, 11) is 0. The van der Waals surface area contributed by atoms with Gasteiger partial charge in [0.1, 0.15) is 5.54 Å². The van der Waals surface area contributed by atoms with Gasteiger partial charge < -0.3 is 21.3 Å². The summed E-state index contributed by atoms with van der Waals surface area (Å²) in [5.41, 5.74) is 4.25. The number of carbonyl (C=O) groups excluding carboxylic acids is 1. The van der Waals surface area contributed by atoms with Crippen LogP contribution in [0.3, 0.4) is 0 Å². The Morgan fingerprint density at radius 3 is 2.30 bits per heavy atom. The fraction of sp³-hybridized carbons (Fsp3) is 0.769. The summed E-state index contributed by atoms with van der Waals surface area (Å²) in [5.74, 6) is -4.16. The fourth-order valence-corrected chi connectivity index (χ4v) is 3.36. The monoisotopic (exact) mass is 284 g/mol. The number of carboxylic acids is 2. The molecule has 0 bridgehead atoms. The van der Waals surface area contributed by atoms with E-state index in [-0.39, 0.29) is 18.3 Å². The lowest BCUT2D eigenvalue weighted by molar-refractivity contribution is -0.150. The molecule has 0 saturated heterocycles. The molecule has 0 heterocycles. The molecule has 1 amide bonds. The molecular weight excluding hydrogens is 264 g/mol. The molecule has 5 atom stereocenters. The Hall–Kier alpha value is -1.63. The predicted molar refractivity (Wildman–Crippen MR) is 68.7 cm³/mol. The van der Waals surface area contributed by atoms with E-state index in [4.69, 9.17) is 10.8 Å². The maximum absolute atomic E-state index is 12.0. The summed E-state index contributed by atoms with van der Waals surface area (Å²) in [4.78, 5) is 34.7. The predicted octanol–water partition coefficient (Wildman–Crippen LogP) is -0.350. The maximum atomic E-state index is 12.0. The minimum Gasteiger partial charge on any atom is -0.481 e. The smallest absolute Gasteiger partial charge is 0.329 e. The van der Waals surface area contributed by atoms with Gasteiger partial charge in [0.05, 0.1) is 12.0 Å². The zero-order chi connectivity index (χ0) is 15.2. The van der Waals surface area contributed by atoms with Crippen LogP contribution >= 0.6 is 0 Å². The molecule has 7 heteroatoms. The summed E-state index contributed by atoms with van der Waals surface area (Å²) in [5, 5.41) is 21.1. The van der Waals surface area contributed by atoms with Crippen LogP contribution in [0.4, 0.5) is 0 Å². The summed E-state index contributed by atoms with van der Waals surface area (Å²) < 4.78 is 0. The molecule has 2 aliphatic rings. The molecule has 112 valence electrons. The largest absolute Gasteiger partial charge is 0.481 e. The Labute approximate surface area is 116 Å². The van der Waals surface area contributed by atoms with Crippen LogP contribution in [-0.2, 0) is 14.4 Å². The van der Waals surface area contributed by atoms with E-state index in [2.05, 4.69) is 5.32 Å². The first kappa shape index (κ1) is 14.8. The van der Waals surface area contributed by atoms with Crippen molar-refractivity contribution in [1.82, 2.24) is 5.32 Å². The zero-order valence-corrected chi connectivity index (χ0v) is 11.5. The molecule has 20 heavy (non-hydrogen) atoms. The number of nitrogens with two attached hydrogens (primary N) is 1. The molecule has 0 aliphatic heterocycles. The van der Waals surface area contributed by atoms with Gasteiger partial charge in [-0.3, -0.25) is 9.59 Å². The van der Waals surface area contributed by atoms with Crippen molar-refractivity contribution in [2.24, 2.45) is 29.4 Å². The highest BCUT2D eigenvalue weighted by Gasteiger charge is 2.72. The second kappa shape index (κ2) is 4.73. The molecule has 0 radical (unpaired) electrons. The third-order valence-electron chi connectivity index (χ3n) is 4.64.